The number of rotatable bonds is 13. The first kappa shape index (κ1) is 41.1. The lowest BCUT2D eigenvalue weighted by Gasteiger charge is -2.42. The second-order valence-corrected chi connectivity index (χ2v) is 13.0. The van der Waals surface area contributed by atoms with Crippen LogP contribution in [0.4, 0.5) is 74.6 Å². The Balaban J connectivity index is 1.75. The predicted octanol–water partition coefficient (Wildman–Crippen LogP) is 12.1. The molecule has 1 aromatic rings. The maximum atomic E-state index is 14.5. The van der Waals surface area contributed by atoms with E-state index >= 15 is 0 Å². The Morgan fingerprint density at radius 3 is 1.35 bits per heavy atom. The molecule has 3 rings (SSSR count). The number of halogens is 17. The van der Waals surface area contributed by atoms with Gasteiger partial charge in [-0.05, 0) is 67.8 Å². The molecule has 0 N–H and O–H groups in total. The molecule has 0 amide bonds. The molecule has 1 aromatic carbocycles. The Bertz CT molecular complexity index is 1270. The topological polar surface area (TPSA) is 17.1 Å². The molecule has 2 saturated carbocycles. The number of benzene rings is 1. The van der Waals surface area contributed by atoms with E-state index in [-0.39, 0.29) is 5.92 Å². The fourth-order valence-electron chi connectivity index (χ4n) is 6.76. The molecule has 0 radical (unpaired) electrons. The van der Waals surface area contributed by atoms with Gasteiger partial charge in [0.1, 0.15) is 0 Å². The van der Waals surface area contributed by atoms with Crippen LogP contribution in [0, 0.1) is 17.8 Å². The zero-order valence-corrected chi connectivity index (χ0v) is 25.7. The van der Waals surface area contributed by atoms with Crippen LogP contribution in [0.5, 0.6) is 0 Å². The van der Waals surface area contributed by atoms with Crippen LogP contribution >= 0.6 is 0 Å². The number of hydrogen-bond acceptors (Lipinski definition) is 1. The van der Waals surface area contributed by atoms with Gasteiger partial charge in [-0.1, -0.05) is 63.3 Å². The summed E-state index contributed by atoms with van der Waals surface area (Å²) in [6, 6.07) is 2.81. The van der Waals surface area contributed by atoms with Crippen LogP contribution in [-0.4, -0.2) is 53.4 Å². The summed E-state index contributed by atoms with van der Waals surface area (Å²) >= 11 is 0. The quantitative estimate of drug-likeness (QED) is 0.145. The summed E-state index contributed by atoms with van der Waals surface area (Å²) in [5, 5.41) is 0. The Morgan fingerprint density at radius 1 is 0.551 bits per heavy atom. The van der Waals surface area contributed by atoms with Crippen molar-refractivity contribution >= 4 is 5.78 Å². The fourth-order valence-corrected chi connectivity index (χ4v) is 6.76. The third-order valence-corrected chi connectivity index (χ3v) is 9.95. The summed E-state index contributed by atoms with van der Waals surface area (Å²) in [5.41, 5.74) is -1.14. The van der Waals surface area contributed by atoms with E-state index in [4.69, 9.17) is 0 Å². The standard InChI is InChI=1S/C31H33F17O/c1-2-3-4-17-5-7-18(8-6-17)19-9-11-20(12-10-19)21-13-15-22(16-14-21)23(49)24(32,33)25(34,35)26(36,37)27(38,39)28(40,41)29(42,43)30(44,45)31(46,47)48/h13-20H,2-12H2,1H3/t17-,18-,19-,20-. The molecule has 0 aliphatic heterocycles. The number of ketones is 1. The molecule has 18 heteroatoms. The number of hydrogen-bond donors (Lipinski definition) is 0. The maximum absolute atomic E-state index is 14.5. The van der Waals surface area contributed by atoms with Crippen molar-refractivity contribution in [2.24, 2.45) is 17.8 Å². The first-order valence-corrected chi connectivity index (χ1v) is 15.5. The lowest BCUT2D eigenvalue weighted by atomic mass is 9.68. The van der Waals surface area contributed by atoms with Gasteiger partial charge in [0.25, 0.3) is 0 Å². The van der Waals surface area contributed by atoms with Gasteiger partial charge in [-0.3, -0.25) is 4.79 Å². The molecule has 0 spiro atoms. The zero-order chi connectivity index (χ0) is 37.6. The number of Topliss-reactive ketones (excluding diaryl/α,β-unsaturated/α-hetero) is 1. The molecule has 282 valence electrons. The van der Waals surface area contributed by atoms with Crippen molar-refractivity contribution in [3.8, 4) is 0 Å². The van der Waals surface area contributed by atoms with Crippen molar-refractivity contribution in [3.63, 3.8) is 0 Å². The molecule has 0 bridgehead atoms. The lowest BCUT2D eigenvalue weighted by Crippen LogP contribution is -2.75. The molecule has 0 unspecified atom stereocenters. The summed E-state index contributed by atoms with van der Waals surface area (Å²) < 4.78 is 231. The minimum Gasteiger partial charge on any atom is -0.287 e. The van der Waals surface area contributed by atoms with Gasteiger partial charge >= 0.3 is 47.6 Å². The van der Waals surface area contributed by atoms with Crippen molar-refractivity contribution in [1.82, 2.24) is 0 Å². The van der Waals surface area contributed by atoms with Crippen LogP contribution < -0.4 is 0 Å². The number of alkyl halides is 17. The minimum atomic E-state index is -8.74. The van der Waals surface area contributed by atoms with Gasteiger partial charge in [0.2, 0.25) is 5.78 Å². The van der Waals surface area contributed by atoms with Gasteiger partial charge in [0.15, 0.2) is 0 Å². The van der Waals surface area contributed by atoms with E-state index in [0.717, 1.165) is 57.1 Å². The van der Waals surface area contributed by atoms with Crippen molar-refractivity contribution in [3.05, 3.63) is 35.4 Å². The Kier molecular flexibility index (Phi) is 11.5. The van der Waals surface area contributed by atoms with Crippen LogP contribution in [-0.2, 0) is 0 Å². The van der Waals surface area contributed by atoms with Crippen LogP contribution in [0.1, 0.15) is 99.4 Å². The van der Waals surface area contributed by atoms with Crippen molar-refractivity contribution in [2.75, 3.05) is 0 Å². The molecule has 1 nitrogen and oxygen atoms in total. The van der Waals surface area contributed by atoms with Gasteiger partial charge in [0.05, 0.1) is 0 Å². The highest BCUT2D eigenvalue weighted by Crippen LogP contribution is 2.64. The summed E-state index contributed by atoms with van der Waals surface area (Å²) in [6.07, 6.45) is 2.90. The molecule has 0 saturated heterocycles. The van der Waals surface area contributed by atoms with E-state index in [1.54, 1.807) is 0 Å². The van der Waals surface area contributed by atoms with Crippen LogP contribution in [0.25, 0.3) is 0 Å². The number of unbranched alkanes of at least 4 members (excludes halogenated alkanes) is 1. The van der Waals surface area contributed by atoms with E-state index in [0.29, 0.717) is 48.3 Å². The normalized spacial score (nSPS) is 24.2. The molecule has 2 aliphatic carbocycles. The molecular formula is C31H33F17O. The van der Waals surface area contributed by atoms with E-state index in [9.17, 15) is 79.4 Å². The van der Waals surface area contributed by atoms with Crippen molar-refractivity contribution in [1.29, 1.82) is 0 Å². The second-order valence-electron chi connectivity index (χ2n) is 13.0. The second kappa shape index (κ2) is 13.7. The van der Waals surface area contributed by atoms with E-state index in [1.165, 1.54) is 12.8 Å². The monoisotopic (exact) mass is 744 g/mol. The van der Waals surface area contributed by atoms with Crippen LogP contribution in [0.3, 0.4) is 0 Å². The van der Waals surface area contributed by atoms with Gasteiger partial charge in [0, 0.05) is 5.56 Å². The van der Waals surface area contributed by atoms with E-state index in [2.05, 4.69) is 6.92 Å². The summed E-state index contributed by atoms with van der Waals surface area (Å²) in [5.74, 6) is -59.9. The van der Waals surface area contributed by atoms with Gasteiger partial charge in [-0.25, -0.2) is 0 Å². The van der Waals surface area contributed by atoms with Crippen LogP contribution in [0.15, 0.2) is 24.3 Å². The smallest absolute Gasteiger partial charge is 0.287 e. The van der Waals surface area contributed by atoms with Crippen molar-refractivity contribution in [2.45, 2.75) is 131 Å². The molecule has 49 heavy (non-hydrogen) atoms. The summed E-state index contributed by atoms with van der Waals surface area (Å²) in [4.78, 5) is 12.2. The third kappa shape index (κ3) is 6.87. The lowest BCUT2D eigenvalue weighted by molar-refractivity contribution is -0.459. The van der Waals surface area contributed by atoms with Gasteiger partial charge in [-0.2, -0.15) is 74.6 Å². The molecule has 2 fully saturated rings. The first-order chi connectivity index (χ1) is 22.1. The average Bonchev–Trinajstić information content (AvgIpc) is 3.02. The molecule has 0 atom stereocenters. The van der Waals surface area contributed by atoms with E-state index in [1.807, 2.05) is 0 Å². The summed E-state index contributed by atoms with van der Waals surface area (Å²) in [6.45, 7) is 2.13. The van der Waals surface area contributed by atoms with Gasteiger partial charge < -0.3 is 0 Å². The average molecular weight is 745 g/mol. The third-order valence-electron chi connectivity index (χ3n) is 9.95. The zero-order valence-electron chi connectivity index (χ0n) is 25.7. The molecule has 0 aromatic heterocycles. The first-order valence-electron chi connectivity index (χ1n) is 15.5. The largest absolute Gasteiger partial charge is 0.460 e. The SMILES string of the molecule is CCCC[C@H]1CC[C@H]([C@H]2CC[C@H](c3ccc(C(=O)C(F)(F)C(F)(F)C(F)(F)C(F)(F)C(F)(F)C(F)(F)C(F)(F)C(F)(F)F)cc3)CC2)CC1. The highest BCUT2D eigenvalue weighted by Gasteiger charge is 2.95. The van der Waals surface area contributed by atoms with Crippen molar-refractivity contribution < 1.29 is 79.4 Å². The van der Waals surface area contributed by atoms with Gasteiger partial charge in [-0.15, -0.1) is 0 Å². The fraction of sp³-hybridized carbons (Fsp3) is 0.774. The predicted molar refractivity (Wildman–Crippen MR) is 141 cm³/mol. The highest BCUT2D eigenvalue weighted by atomic mass is 19.4. The summed E-state index contributed by atoms with van der Waals surface area (Å²) in [7, 11) is 0. The minimum absolute atomic E-state index is 0.204. The maximum Gasteiger partial charge on any atom is 0.460 e. The molecule has 2 aliphatic rings. The Labute approximate surface area is 270 Å². The number of carbonyl (C=O) groups is 1. The van der Waals surface area contributed by atoms with Crippen LogP contribution in [0.2, 0.25) is 0 Å². The Morgan fingerprint density at radius 2 is 0.939 bits per heavy atom. The molecule has 0 heterocycles. The van der Waals surface area contributed by atoms with E-state index < -0.39 is 59.0 Å². The number of carbonyl (C=O) groups excluding carboxylic acids is 1. The highest BCUT2D eigenvalue weighted by molar-refractivity contribution is 6.02. The Hall–Kier alpha value is -2.30. The molecular weight excluding hydrogens is 711 g/mol.